The molecule has 0 radical (unpaired) electrons. The monoisotopic (exact) mass is 222 g/mol. The largest absolute Gasteiger partial charge is 0.480 e. The molecule has 0 heterocycles. The molecule has 0 spiro atoms. The van der Waals surface area contributed by atoms with Crippen LogP contribution in [-0.2, 0) is 9.59 Å². The summed E-state index contributed by atoms with van der Waals surface area (Å²) in [6, 6.07) is -1.00. The Hall–Kier alpha value is -0.810. The average molecular weight is 223 g/mol. The third-order valence-electron chi connectivity index (χ3n) is 1.82. The Kier molecular flexibility index (Phi) is 6.23. The van der Waals surface area contributed by atoms with E-state index in [4.69, 9.17) is 22.4 Å². The molecule has 0 aromatic rings. The molecule has 0 aliphatic carbocycles. The molecule has 14 heavy (non-hydrogen) atoms. The number of amides is 1. The third-order valence-corrected chi connectivity index (χ3v) is 2.01. The molecule has 0 aromatic carbocycles. The van der Waals surface area contributed by atoms with Gasteiger partial charge in [-0.25, -0.2) is 0 Å². The van der Waals surface area contributed by atoms with Gasteiger partial charge in [-0.05, 0) is 5.92 Å². The van der Waals surface area contributed by atoms with Gasteiger partial charge in [0.15, 0.2) is 0 Å². The van der Waals surface area contributed by atoms with Gasteiger partial charge in [-0.15, -0.1) is 11.6 Å². The summed E-state index contributed by atoms with van der Waals surface area (Å²) in [5, 5.41) is 11.1. The second kappa shape index (κ2) is 6.62. The molecule has 0 aromatic heterocycles. The number of hydrogen-bond donors (Lipinski definition) is 3. The van der Waals surface area contributed by atoms with Crippen LogP contribution in [0.5, 0.6) is 0 Å². The first kappa shape index (κ1) is 13.2. The van der Waals surface area contributed by atoms with Gasteiger partial charge in [0.25, 0.3) is 0 Å². The van der Waals surface area contributed by atoms with Crippen molar-refractivity contribution in [2.24, 2.45) is 11.7 Å². The molecule has 0 saturated carbocycles. The van der Waals surface area contributed by atoms with E-state index in [1.54, 1.807) is 6.92 Å². The topological polar surface area (TPSA) is 92.4 Å². The third kappa shape index (κ3) is 5.04. The molecule has 4 N–H and O–H groups in total. The second-order valence-electron chi connectivity index (χ2n) is 3.08. The molecule has 5 nitrogen and oxygen atoms in total. The van der Waals surface area contributed by atoms with Crippen LogP contribution in [0.1, 0.15) is 13.3 Å². The fourth-order valence-corrected chi connectivity index (χ4v) is 1.02. The first-order valence-electron chi connectivity index (χ1n) is 4.30. The number of aliphatic carboxylic acids is 1. The maximum absolute atomic E-state index is 11.1. The zero-order valence-corrected chi connectivity index (χ0v) is 8.75. The summed E-state index contributed by atoms with van der Waals surface area (Å²) in [5.41, 5.74) is 5.33. The zero-order valence-electron chi connectivity index (χ0n) is 8.00. The van der Waals surface area contributed by atoms with Crippen molar-refractivity contribution in [3.05, 3.63) is 0 Å². The molecule has 1 amide bonds. The van der Waals surface area contributed by atoms with Gasteiger partial charge in [0.2, 0.25) is 5.91 Å². The summed E-state index contributed by atoms with van der Waals surface area (Å²) in [5.74, 6) is -1.37. The highest BCUT2D eigenvalue weighted by Gasteiger charge is 2.21. The number of alkyl halides is 1. The Bertz CT molecular complexity index is 211. The van der Waals surface area contributed by atoms with Crippen LogP contribution in [0.3, 0.4) is 0 Å². The Morgan fingerprint density at radius 3 is 2.57 bits per heavy atom. The molecule has 6 heteroatoms. The van der Waals surface area contributed by atoms with Crippen LogP contribution >= 0.6 is 11.6 Å². The number of carboxylic acids is 1. The van der Waals surface area contributed by atoms with Crippen molar-refractivity contribution in [2.45, 2.75) is 19.4 Å². The number of hydrogen-bond acceptors (Lipinski definition) is 3. The maximum Gasteiger partial charge on any atom is 0.320 e. The van der Waals surface area contributed by atoms with Gasteiger partial charge in [0.1, 0.15) is 6.04 Å². The van der Waals surface area contributed by atoms with Crippen LogP contribution in [0.2, 0.25) is 0 Å². The van der Waals surface area contributed by atoms with Crippen molar-refractivity contribution < 1.29 is 14.7 Å². The minimum atomic E-state index is -1.09. The van der Waals surface area contributed by atoms with E-state index >= 15 is 0 Å². The van der Waals surface area contributed by atoms with Crippen molar-refractivity contribution in [2.75, 3.05) is 12.4 Å². The maximum atomic E-state index is 11.1. The number of nitrogens with one attached hydrogen (secondary N) is 1. The molecular weight excluding hydrogens is 208 g/mol. The first-order chi connectivity index (χ1) is 6.49. The normalized spacial score (nSPS) is 14.5. The van der Waals surface area contributed by atoms with E-state index in [1.807, 2.05) is 0 Å². The van der Waals surface area contributed by atoms with Crippen molar-refractivity contribution in [3.63, 3.8) is 0 Å². The summed E-state index contributed by atoms with van der Waals surface area (Å²) in [4.78, 5) is 21.6. The Morgan fingerprint density at radius 2 is 2.14 bits per heavy atom. The molecule has 0 fully saturated rings. The highest BCUT2D eigenvalue weighted by Crippen LogP contribution is 2.06. The standard InChI is InChI=1S/C8H15ClN2O3/c1-5(7(10)8(13)14)4-6(12)11-3-2-9/h5,7H,2-4,10H2,1H3,(H,11,12)(H,13,14)/t5?,7-/m0/s1. The van der Waals surface area contributed by atoms with Gasteiger partial charge in [0, 0.05) is 18.8 Å². The molecule has 1 unspecified atom stereocenters. The quantitative estimate of drug-likeness (QED) is 0.542. The predicted octanol–water partition coefficient (Wildman–Crippen LogP) is -0.220. The van der Waals surface area contributed by atoms with Gasteiger partial charge in [-0.1, -0.05) is 6.92 Å². The number of carboxylic acid groups (broad SMARTS) is 1. The summed E-state index contributed by atoms with van der Waals surface area (Å²) in [6.07, 6.45) is 0.102. The predicted molar refractivity (Wildman–Crippen MR) is 53.1 cm³/mol. The number of halogens is 1. The number of rotatable bonds is 6. The molecular formula is C8H15ClN2O3. The Balaban J connectivity index is 3.86. The minimum absolute atomic E-state index is 0.102. The average Bonchev–Trinajstić information content (AvgIpc) is 2.13. The van der Waals surface area contributed by atoms with Crippen LogP contribution in [0.25, 0.3) is 0 Å². The molecule has 0 aliphatic heterocycles. The van der Waals surface area contributed by atoms with Crippen molar-refractivity contribution in [1.29, 1.82) is 0 Å². The lowest BCUT2D eigenvalue weighted by Gasteiger charge is -2.14. The molecule has 82 valence electrons. The number of nitrogens with two attached hydrogens (primary N) is 1. The Labute approximate surface area is 87.6 Å². The summed E-state index contributed by atoms with van der Waals surface area (Å²) < 4.78 is 0. The highest BCUT2D eigenvalue weighted by molar-refractivity contribution is 6.18. The summed E-state index contributed by atoms with van der Waals surface area (Å²) >= 11 is 5.36. The van der Waals surface area contributed by atoms with Crippen molar-refractivity contribution >= 4 is 23.5 Å². The van der Waals surface area contributed by atoms with Gasteiger partial charge in [-0.2, -0.15) is 0 Å². The molecule has 0 bridgehead atoms. The van der Waals surface area contributed by atoms with E-state index in [9.17, 15) is 9.59 Å². The molecule has 0 saturated heterocycles. The molecule has 0 aliphatic rings. The van der Waals surface area contributed by atoms with Gasteiger partial charge in [-0.3, -0.25) is 9.59 Å². The SMILES string of the molecule is CC(CC(=O)NCCCl)[C@H](N)C(=O)O. The van der Waals surface area contributed by atoms with E-state index in [0.29, 0.717) is 12.4 Å². The van der Waals surface area contributed by atoms with E-state index in [0.717, 1.165) is 0 Å². The van der Waals surface area contributed by atoms with Gasteiger partial charge < -0.3 is 16.2 Å². The van der Waals surface area contributed by atoms with E-state index < -0.39 is 12.0 Å². The Morgan fingerprint density at radius 1 is 1.57 bits per heavy atom. The van der Waals surface area contributed by atoms with Crippen LogP contribution in [0, 0.1) is 5.92 Å². The first-order valence-corrected chi connectivity index (χ1v) is 4.83. The fourth-order valence-electron chi connectivity index (χ4n) is 0.922. The fraction of sp³-hybridized carbons (Fsp3) is 0.750. The molecule has 0 rings (SSSR count). The highest BCUT2D eigenvalue weighted by atomic mass is 35.5. The van der Waals surface area contributed by atoms with E-state index in [-0.39, 0.29) is 18.2 Å². The summed E-state index contributed by atoms with van der Waals surface area (Å²) in [6.45, 7) is 2.01. The van der Waals surface area contributed by atoms with Crippen LogP contribution in [-0.4, -0.2) is 35.4 Å². The smallest absolute Gasteiger partial charge is 0.320 e. The van der Waals surface area contributed by atoms with Gasteiger partial charge >= 0.3 is 5.97 Å². The summed E-state index contributed by atoms with van der Waals surface area (Å²) in [7, 11) is 0. The van der Waals surface area contributed by atoms with Crippen LogP contribution in [0.15, 0.2) is 0 Å². The van der Waals surface area contributed by atoms with E-state index in [1.165, 1.54) is 0 Å². The van der Waals surface area contributed by atoms with E-state index in [2.05, 4.69) is 5.32 Å². The van der Waals surface area contributed by atoms with Crippen molar-refractivity contribution in [1.82, 2.24) is 5.32 Å². The lowest BCUT2D eigenvalue weighted by atomic mass is 9.99. The number of carbonyl (C=O) groups is 2. The lowest BCUT2D eigenvalue weighted by Crippen LogP contribution is -2.39. The molecule has 2 atom stereocenters. The van der Waals surface area contributed by atoms with Gasteiger partial charge in [0.05, 0.1) is 0 Å². The second-order valence-corrected chi connectivity index (χ2v) is 3.46. The lowest BCUT2D eigenvalue weighted by molar-refractivity contribution is -0.139. The minimum Gasteiger partial charge on any atom is -0.480 e. The van der Waals surface area contributed by atoms with Crippen LogP contribution < -0.4 is 11.1 Å². The number of carbonyl (C=O) groups excluding carboxylic acids is 1. The van der Waals surface area contributed by atoms with Crippen LogP contribution in [0.4, 0.5) is 0 Å². The van der Waals surface area contributed by atoms with Crippen molar-refractivity contribution in [3.8, 4) is 0 Å². The zero-order chi connectivity index (χ0) is 11.1.